The fourth-order valence-corrected chi connectivity index (χ4v) is 5.63. The summed E-state index contributed by atoms with van der Waals surface area (Å²) in [5.74, 6) is 2.60. The molecule has 0 fully saturated rings. The van der Waals surface area contributed by atoms with Crippen LogP contribution in [0.25, 0.3) is 0 Å². The Morgan fingerprint density at radius 1 is 0.441 bits per heavy atom. The van der Waals surface area contributed by atoms with E-state index in [0.717, 1.165) is 17.2 Å². The molecule has 34 heavy (non-hydrogen) atoms. The second kappa shape index (κ2) is 9.95. The van der Waals surface area contributed by atoms with E-state index in [1.54, 1.807) is 0 Å². The van der Waals surface area contributed by atoms with Gasteiger partial charge in [0.1, 0.15) is 34.1 Å². The lowest BCUT2D eigenvalue weighted by molar-refractivity contribution is 0.130. The maximum absolute atomic E-state index is 6.20. The lowest BCUT2D eigenvalue weighted by Crippen LogP contribution is -2.23. The van der Waals surface area contributed by atoms with Crippen LogP contribution in [0.5, 0.6) is 17.2 Å². The number of ether oxygens (including phenoxy) is 3. The highest BCUT2D eigenvalue weighted by atomic mass is 32.2. The van der Waals surface area contributed by atoms with Crippen LogP contribution < -0.4 is 14.2 Å². The quantitative estimate of drug-likeness (QED) is 0.333. The van der Waals surface area contributed by atoms with Crippen LogP contribution in [0.4, 0.5) is 0 Å². The Bertz CT molecular complexity index is 959. The summed E-state index contributed by atoms with van der Waals surface area (Å²) in [6, 6.07) is 25.3. The van der Waals surface area contributed by atoms with Gasteiger partial charge in [0.05, 0.1) is 10.9 Å². The maximum atomic E-state index is 6.20. The molecule has 0 aliphatic rings. The number of hydrogen-bond acceptors (Lipinski definition) is 3. The van der Waals surface area contributed by atoms with E-state index in [-0.39, 0.29) is 27.7 Å². The van der Waals surface area contributed by atoms with Crippen molar-refractivity contribution in [1.29, 1.82) is 0 Å². The molecule has 0 saturated heterocycles. The molecule has 0 N–H and O–H groups in total. The molecular formula is C30H39O3S+. The molecule has 3 nitrogen and oxygen atoms in total. The van der Waals surface area contributed by atoms with Crippen LogP contribution in [0.1, 0.15) is 62.3 Å². The van der Waals surface area contributed by atoms with Gasteiger partial charge in [-0.1, -0.05) is 18.2 Å². The molecule has 0 bridgehead atoms. The summed E-state index contributed by atoms with van der Waals surface area (Å²) < 4.78 is 18.6. The van der Waals surface area contributed by atoms with Gasteiger partial charge in [-0.25, -0.2) is 0 Å². The highest BCUT2D eigenvalue weighted by Crippen LogP contribution is 2.37. The Morgan fingerprint density at radius 3 is 0.941 bits per heavy atom. The van der Waals surface area contributed by atoms with Crippen molar-refractivity contribution in [3.05, 3.63) is 72.8 Å². The molecular weight excluding hydrogens is 440 g/mol. The van der Waals surface area contributed by atoms with Gasteiger partial charge < -0.3 is 14.2 Å². The van der Waals surface area contributed by atoms with Crippen molar-refractivity contribution in [2.75, 3.05) is 0 Å². The minimum absolute atomic E-state index is 0.266. The van der Waals surface area contributed by atoms with E-state index < -0.39 is 0 Å². The van der Waals surface area contributed by atoms with Gasteiger partial charge in [0, 0.05) is 18.2 Å². The smallest absolute Gasteiger partial charge is 0.170 e. The fourth-order valence-electron chi connectivity index (χ4n) is 3.46. The standard InChI is InChI=1S/C30H39O3S/c1-28(2,3)31-22-13-10-16-25(19-22)34(26-17-11-14-23(20-26)32-29(4,5)6)27-18-12-15-24(21-27)33-30(7,8)9/h10-21H,1-9H3/q+1. The van der Waals surface area contributed by atoms with E-state index >= 15 is 0 Å². The van der Waals surface area contributed by atoms with Crippen LogP contribution in [0.15, 0.2) is 87.5 Å². The van der Waals surface area contributed by atoms with Crippen molar-refractivity contribution in [2.45, 2.75) is 93.8 Å². The Kier molecular flexibility index (Phi) is 7.62. The van der Waals surface area contributed by atoms with E-state index in [2.05, 4.69) is 117 Å². The van der Waals surface area contributed by atoms with Crippen molar-refractivity contribution < 1.29 is 14.2 Å². The zero-order valence-electron chi connectivity index (χ0n) is 22.1. The molecule has 0 atom stereocenters. The van der Waals surface area contributed by atoms with Gasteiger partial charge in [-0.15, -0.1) is 0 Å². The average Bonchev–Trinajstić information content (AvgIpc) is 2.65. The molecule has 0 aromatic heterocycles. The van der Waals surface area contributed by atoms with E-state index in [9.17, 15) is 0 Å². The topological polar surface area (TPSA) is 27.7 Å². The Labute approximate surface area is 208 Å². The first-order valence-corrected chi connectivity index (χ1v) is 13.0. The first-order chi connectivity index (χ1) is 15.7. The van der Waals surface area contributed by atoms with E-state index in [1.165, 1.54) is 14.7 Å². The van der Waals surface area contributed by atoms with Crippen LogP contribution in [-0.4, -0.2) is 16.8 Å². The first kappa shape index (κ1) is 26.0. The SMILES string of the molecule is CC(C)(C)Oc1cccc([S+](c2cccc(OC(C)(C)C)c2)c2cccc(OC(C)(C)C)c2)c1. The highest BCUT2D eigenvalue weighted by Gasteiger charge is 2.31. The van der Waals surface area contributed by atoms with Gasteiger partial charge >= 0.3 is 0 Å². The molecule has 0 radical (unpaired) electrons. The molecule has 0 unspecified atom stereocenters. The summed E-state index contributed by atoms with van der Waals surface area (Å²) in [5, 5.41) is 0. The predicted molar refractivity (Wildman–Crippen MR) is 143 cm³/mol. The zero-order valence-corrected chi connectivity index (χ0v) is 22.9. The monoisotopic (exact) mass is 479 g/mol. The molecule has 0 spiro atoms. The molecule has 3 aromatic rings. The molecule has 3 rings (SSSR count). The van der Waals surface area contributed by atoms with Crippen molar-refractivity contribution in [2.24, 2.45) is 0 Å². The van der Waals surface area contributed by atoms with Crippen LogP contribution in [0.3, 0.4) is 0 Å². The minimum atomic E-state index is -0.371. The van der Waals surface area contributed by atoms with E-state index in [4.69, 9.17) is 14.2 Å². The molecule has 0 saturated carbocycles. The molecule has 0 aliphatic heterocycles. The maximum Gasteiger partial charge on any atom is 0.170 e. The van der Waals surface area contributed by atoms with Crippen LogP contribution >= 0.6 is 0 Å². The summed E-state index contributed by atoms with van der Waals surface area (Å²) in [6.45, 7) is 18.6. The molecule has 0 aliphatic carbocycles. The van der Waals surface area contributed by atoms with Gasteiger partial charge in [0.15, 0.2) is 14.7 Å². The van der Waals surface area contributed by atoms with Gasteiger partial charge in [-0.2, -0.15) is 0 Å². The molecule has 0 heterocycles. The first-order valence-electron chi connectivity index (χ1n) is 11.8. The zero-order chi connectivity index (χ0) is 25.1. The van der Waals surface area contributed by atoms with Gasteiger partial charge in [0.2, 0.25) is 0 Å². The van der Waals surface area contributed by atoms with Crippen molar-refractivity contribution in [1.82, 2.24) is 0 Å². The van der Waals surface area contributed by atoms with E-state index in [0.29, 0.717) is 0 Å². The highest BCUT2D eigenvalue weighted by molar-refractivity contribution is 7.97. The van der Waals surface area contributed by atoms with Crippen LogP contribution in [0.2, 0.25) is 0 Å². The van der Waals surface area contributed by atoms with Gasteiger partial charge in [0.25, 0.3) is 0 Å². The summed E-state index contributed by atoms with van der Waals surface area (Å²) in [5.41, 5.74) is -0.797. The summed E-state index contributed by atoms with van der Waals surface area (Å²) >= 11 is 0. The van der Waals surface area contributed by atoms with Crippen molar-refractivity contribution in [3.8, 4) is 17.2 Å². The predicted octanol–water partition coefficient (Wildman–Crippen LogP) is 8.31. The Hall–Kier alpha value is -2.59. The molecule has 4 heteroatoms. The van der Waals surface area contributed by atoms with Gasteiger partial charge in [-0.05, 0) is 98.7 Å². The summed E-state index contributed by atoms with van der Waals surface area (Å²) in [6.07, 6.45) is 0. The lowest BCUT2D eigenvalue weighted by Gasteiger charge is -2.22. The van der Waals surface area contributed by atoms with E-state index in [1.807, 2.05) is 18.2 Å². The number of hydrogen-bond donors (Lipinski definition) is 0. The molecule has 0 amide bonds. The Morgan fingerprint density at radius 2 is 0.706 bits per heavy atom. The van der Waals surface area contributed by atoms with Gasteiger partial charge in [-0.3, -0.25) is 0 Å². The summed E-state index contributed by atoms with van der Waals surface area (Å²) in [4.78, 5) is 3.55. The third-order valence-corrected chi connectivity index (χ3v) is 6.57. The molecule has 3 aromatic carbocycles. The van der Waals surface area contributed by atoms with Crippen LogP contribution in [-0.2, 0) is 10.9 Å². The van der Waals surface area contributed by atoms with Crippen molar-refractivity contribution in [3.63, 3.8) is 0 Å². The van der Waals surface area contributed by atoms with Crippen molar-refractivity contribution >= 4 is 10.9 Å². The average molecular weight is 480 g/mol. The summed E-state index contributed by atoms with van der Waals surface area (Å²) in [7, 11) is -0.371. The number of rotatable bonds is 6. The second-order valence-electron chi connectivity index (χ2n) is 11.4. The third-order valence-electron chi connectivity index (χ3n) is 4.40. The van der Waals surface area contributed by atoms with Crippen LogP contribution in [0, 0.1) is 0 Å². The minimum Gasteiger partial charge on any atom is -0.488 e. The Balaban J connectivity index is 2.12. The lowest BCUT2D eigenvalue weighted by atomic mass is 10.2. The molecule has 182 valence electrons. The third kappa shape index (κ3) is 8.02. The fraction of sp³-hybridized carbons (Fsp3) is 0.400. The second-order valence-corrected chi connectivity index (χ2v) is 13.4. The normalized spacial score (nSPS) is 12.5. The largest absolute Gasteiger partial charge is 0.488 e. The number of benzene rings is 3.